The van der Waals surface area contributed by atoms with Crippen LogP contribution in [0.25, 0.3) is 0 Å². The maximum Gasteiger partial charge on any atom is 0.132 e. The number of nitrogens with two attached hydrogens (primary N) is 1. The molecule has 1 aliphatic rings. The smallest absolute Gasteiger partial charge is 0.132 e. The maximum atomic E-state index is 5.83. The van der Waals surface area contributed by atoms with Crippen molar-refractivity contribution in [3.05, 3.63) is 5.69 Å². The summed E-state index contributed by atoms with van der Waals surface area (Å²) in [5.41, 5.74) is 7.29. The molecule has 0 aromatic carbocycles. The van der Waals surface area contributed by atoms with E-state index in [0.717, 1.165) is 17.2 Å². The molecule has 0 bridgehead atoms. The van der Waals surface area contributed by atoms with Crippen LogP contribution >= 0.6 is 11.5 Å². The first kappa shape index (κ1) is 12.8. The summed E-state index contributed by atoms with van der Waals surface area (Å²) in [5, 5.41) is 4.84. The summed E-state index contributed by atoms with van der Waals surface area (Å²) < 4.78 is 3.88. The van der Waals surface area contributed by atoms with Crippen LogP contribution in [0.1, 0.15) is 45.2 Å². The normalized spacial score (nSPS) is 20.9. The highest BCUT2D eigenvalue weighted by Crippen LogP contribution is 2.36. The first-order valence-corrected chi connectivity index (χ1v) is 7.02. The van der Waals surface area contributed by atoms with Gasteiger partial charge >= 0.3 is 0 Å². The van der Waals surface area contributed by atoms with Gasteiger partial charge in [-0.15, -0.1) is 5.10 Å². The van der Waals surface area contributed by atoms with Gasteiger partial charge in [0.2, 0.25) is 0 Å². The lowest BCUT2D eigenvalue weighted by Gasteiger charge is -2.38. The van der Waals surface area contributed by atoms with Gasteiger partial charge in [0.25, 0.3) is 0 Å². The molecule has 1 aliphatic carbocycles. The van der Waals surface area contributed by atoms with Crippen LogP contribution in [0.5, 0.6) is 0 Å². The van der Waals surface area contributed by atoms with E-state index in [2.05, 4.69) is 35.4 Å². The fourth-order valence-corrected chi connectivity index (χ4v) is 2.95. The molecule has 96 valence electrons. The molecule has 1 saturated carbocycles. The fourth-order valence-electron chi connectivity index (χ4n) is 2.52. The zero-order valence-electron chi connectivity index (χ0n) is 10.9. The standard InChI is InChI=1S/C12H22N4S/c1-12(2)6-4-9(5-7-12)16(3)8-10-11(13)17-15-14-10/h9H,4-8,13H2,1-3H3. The summed E-state index contributed by atoms with van der Waals surface area (Å²) in [5.74, 6) is 0. The Bertz CT molecular complexity index is 364. The van der Waals surface area contributed by atoms with E-state index in [9.17, 15) is 0 Å². The van der Waals surface area contributed by atoms with Crippen molar-refractivity contribution in [1.29, 1.82) is 0 Å². The van der Waals surface area contributed by atoms with Crippen LogP contribution in [0.15, 0.2) is 0 Å². The van der Waals surface area contributed by atoms with Crippen LogP contribution in [0.3, 0.4) is 0 Å². The van der Waals surface area contributed by atoms with Crippen LogP contribution in [0.2, 0.25) is 0 Å². The van der Waals surface area contributed by atoms with Gasteiger partial charge < -0.3 is 5.73 Å². The lowest BCUT2D eigenvalue weighted by molar-refractivity contribution is 0.122. The molecule has 2 N–H and O–H groups in total. The maximum absolute atomic E-state index is 5.83. The van der Waals surface area contributed by atoms with E-state index >= 15 is 0 Å². The van der Waals surface area contributed by atoms with Crippen LogP contribution < -0.4 is 5.73 Å². The second kappa shape index (κ2) is 4.90. The molecule has 0 amide bonds. The van der Waals surface area contributed by atoms with Gasteiger partial charge in [-0.3, -0.25) is 4.90 Å². The van der Waals surface area contributed by atoms with E-state index in [0.29, 0.717) is 11.5 Å². The Morgan fingerprint density at radius 1 is 1.41 bits per heavy atom. The third-order valence-corrected chi connectivity index (χ3v) is 4.51. The highest BCUT2D eigenvalue weighted by Gasteiger charge is 2.29. The van der Waals surface area contributed by atoms with Gasteiger partial charge in [0.15, 0.2) is 0 Å². The predicted octanol–water partition coefficient (Wildman–Crippen LogP) is 2.52. The molecule has 0 aliphatic heterocycles. The average Bonchev–Trinajstić information content (AvgIpc) is 2.64. The van der Waals surface area contributed by atoms with E-state index < -0.39 is 0 Å². The molecule has 1 aromatic rings. The van der Waals surface area contributed by atoms with Gasteiger partial charge in [-0.2, -0.15) is 0 Å². The van der Waals surface area contributed by atoms with Crippen molar-refractivity contribution < 1.29 is 0 Å². The zero-order chi connectivity index (χ0) is 12.5. The second-order valence-corrected chi connectivity index (χ2v) is 6.68. The summed E-state index contributed by atoms with van der Waals surface area (Å²) in [6, 6.07) is 0.670. The molecule has 0 atom stereocenters. The second-order valence-electron chi connectivity index (χ2n) is 5.89. The molecule has 2 rings (SSSR count). The number of anilines is 1. The van der Waals surface area contributed by atoms with Gasteiger partial charge in [-0.25, -0.2) is 0 Å². The van der Waals surface area contributed by atoms with E-state index in [1.54, 1.807) is 0 Å². The molecule has 1 heterocycles. The van der Waals surface area contributed by atoms with Crippen molar-refractivity contribution in [2.45, 2.75) is 52.1 Å². The lowest BCUT2D eigenvalue weighted by Crippen LogP contribution is -2.36. The molecular formula is C12H22N4S. The van der Waals surface area contributed by atoms with Gasteiger partial charge in [-0.1, -0.05) is 18.3 Å². The highest BCUT2D eigenvalue weighted by molar-refractivity contribution is 7.09. The first-order valence-electron chi connectivity index (χ1n) is 6.25. The van der Waals surface area contributed by atoms with Crippen molar-refractivity contribution >= 4 is 16.5 Å². The number of nitrogens with zero attached hydrogens (tertiary/aromatic N) is 3. The highest BCUT2D eigenvalue weighted by atomic mass is 32.1. The Morgan fingerprint density at radius 2 is 2.06 bits per heavy atom. The summed E-state index contributed by atoms with van der Waals surface area (Å²) in [6.45, 7) is 5.56. The average molecular weight is 254 g/mol. The van der Waals surface area contributed by atoms with Crippen molar-refractivity contribution in [3.63, 3.8) is 0 Å². The number of hydrogen-bond donors (Lipinski definition) is 1. The van der Waals surface area contributed by atoms with Crippen molar-refractivity contribution in [1.82, 2.24) is 14.5 Å². The van der Waals surface area contributed by atoms with Crippen LogP contribution in [0.4, 0.5) is 5.00 Å². The zero-order valence-corrected chi connectivity index (χ0v) is 11.8. The number of hydrogen-bond acceptors (Lipinski definition) is 5. The monoisotopic (exact) mass is 254 g/mol. The van der Waals surface area contributed by atoms with E-state index in [-0.39, 0.29) is 0 Å². The largest absolute Gasteiger partial charge is 0.388 e. The van der Waals surface area contributed by atoms with E-state index in [1.807, 2.05) is 0 Å². The Kier molecular flexibility index (Phi) is 3.68. The topological polar surface area (TPSA) is 55.0 Å². The number of rotatable bonds is 3. The molecule has 5 heteroatoms. The summed E-state index contributed by atoms with van der Waals surface area (Å²) >= 11 is 1.28. The molecule has 0 spiro atoms. The minimum absolute atomic E-state index is 0.526. The van der Waals surface area contributed by atoms with Crippen molar-refractivity contribution in [2.24, 2.45) is 5.41 Å². The van der Waals surface area contributed by atoms with Crippen LogP contribution in [-0.2, 0) is 6.54 Å². The molecule has 0 saturated heterocycles. The SMILES string of the molecule is CN(Cc1nnsc1N)C1CCC(C)(C)CC1. The third-order valence-electron chi connectivity index (χ3n) is 3.92. The quantitative estimate of drug-likeness (QED) is 0.900. The van der Waals surface area contributed by atoms with E-state index in [1.165, 1.54) is 37.2 Å². The van der Waals surface area contributed by atoms with Crippen molar-refractivity contribution in [2.75, 3.05) is 12.8 Å². The van der Waals surface area contributed by atoms with Gasteiger partial charge in [0.05, 0.1) is 0 Å². The molecule has 0 radical (unpaired) electrons. The Morgan fingerprint density at radius 3 is 2.59 bits per heavy atom. The Hall–Kier alpha value is -0.680. The molecule has 4 nitrogen and oxygen atoms in total. The van der Waals surface area contributed by atoms with Crippen LogP contribution in [0, 0.1) is 5.41 Å². The molecule has 1 fully saturated rings. The number of aromatic nitrogens is 2. The minimum Gasteiger partial charge on any atom is -0.388 e. The van der Waals surface area contributed by atoms with E-state index in [4.69, 9.17) is 5.73 Å². The molecular weight excluding hydrogens is 232 g/mol. The summed E-state index contributed by atoms with van der Waals surface area (Å²) in [6.07, 6.45) is 5.18. The minimum atomic E-state index is 0.526. The Labute approximate surface area is 107 Å². The first-order chi connectivity index (χ1) is 7.98. The molecule has 17 heavy (non-hydrogen) atoms. The Balaban J connectivity index is 1.89. The predicted molar refractivity (Wildman–Crippen MR) is 71.8 cm³/mol. The molecule has 0 unspecified atom stereocenters. The third kappa shape index (κ3) is 3.16. The lowest BCUT2D eigenvalue weighted by atomic mass is 9.75. The summed E-state index contributed by atoms with van der Waals surface area (Å²) in [4.78, 5) is 2.38. The van der Waals surface area contributed by atoms with Gasteiger partial charge in [0, 0.05) is 24.1 Å². The molecule has 1 aromatic heterocycles. The summed E-state index contributed by atoms with van der Waals surface area (Å²) in [7, 11) is 2.17. The van der Waals surface area contributed by atoms with Gasteiger partial charge in [-0.05, 0) is 38.1 Å². The van der Waals surface area contributed by atoms with Crippen LogP contribution in [-0.4, -0.2) is 27.6 Å². The van der Waals surface area contributed by atoms with Gasteiger partial charge in [0.1, 0.15) is 10.7 Å². The fraction of sp³-hybridized carbons (Fsp3) is 0.833. The van der Waals surface area contributed by atoms with Crippen molar-refractivity contribution in [3.8, 4) is 0 Å². The number of nitrogen functional groups attached to an aromatic ring is 1.